The van der Waals surface area contributed by atoms with Crippen molar-refractivity contribution in [2.75, 3.05) is 6.61 Å². The van der Waals surface area contributed by atoms with Crippen LogP contribution in [0, 0.1) is 11.8 Å². The van der Waals surface area contributed by atoms with Crippen molar-refractivity contribution >= 4 is 12.0 Å². The number of amides is 2. The van der Waals surface area contributed by atoms with Crippen LogP contribution in [0.4, 0.5) is 4.79 Å². The van der Waals surface area contributed by atoms with Crippen LogP contribution in [0.15, 0.2) is 30.3 Å². The molecule has 130 valence electrons. The van der Waals surface area contributed by atoms with Crippen LogP contribution in [0.25, 0.3) is 0 Å². The second-order valence-corrected chi connectivity index (χ2v) is 7.27. The molecule has 0 spiro atoms. The van der Waals surface area contributed by atoms with E-state index < -0.39 is 6.09 Å². The Morgan fingerprint density at radius 1 is 1.21 bits per heavy atom. The molecule has 2 amide bonds. The Kier molecular flexibility index (Phi) is 5.54. The molecule has 2 fully saturated rings. The Bertz CT molecular complexity index is 566. The first-order chi connectivity index (χ1) is 11.6. The lowest BCUT2D eigenvalue weighted by atomic mass is 9.83. The molecule has 1 aliphatic heterocycles. The van der Waals surface area contributed by atoms with Gasteiger partial charge in [0.15, 0.2) is 0 Å². The van der Waals surface area contributed by atoms with E-state index in [1.54, 1.807) is 0 Å². The normalized spacial score (nSPS) is 23.1. The zero-order chi connectivity index (χ0) is 16.9. The van der Waals surface area contributed by atoms with Gasteiger partial charge in [0.2, 0.25) is 5.91 Å². The summed E-state index contributed by atoms with van der Waals surface area (Å²) in [6.07, 6.45) is 7.37. The van der Waals surface area contributed by atoms with E-state index in [1.165, 1.54) is 37.0 Å². The van der Waals surface area contributed by atoms with E-state index in [1.807, 2.05) is 37.3 Å². The Labute approximate surface area is 144 Å². The Balaban J connectivity index is 1.63. The highest BCUT2D eigenvalue weighted by molar-refractivity contribution is 5.94. The second-order valence-electron chi connectivity index (χ2n) is 7.27. The van der Waals surface area contributed by atoms with Crippen LogP contribution < -0.4 is 0 Å². The lowest BCUT2D eigenvalue weighted by Crippen LogP contribution is -2.43. The van der Waals surface area contributed by atoms with Gasteiger partial charge in [0, 0.05) is 5.92 Å². The van der Waals surface area contributed by atoms with Crippen molar-refractivity contribution in [3.05, 3.63) is 35.9 Å². The third-order valence-electron chi connectivity index (χ3n) is 5.35. The topological polar surface area (TPSA) is 46.6 Å². The number of carbonyl (C=O) groups is 2. The minimum absolute atomic E-state index is 0.0657. The van der Waals surface area contributed by atoms with Crippen LogP contribution in [0.3, 0.4) is 0 Å². The summed E-state index contributed by atoms with van der Waals surface area (Å²) in [5.74, 6) is 0.449. The van der Waals surface area contributed by atoms with Crippen LogP contribution in [-0.4, -0.2) is 29.5 Å². The van der Waals surface area contributed by atoms with Crippen LogP contribution >= 0.6 is 0 Å². The number of carbonyl (C=O) groups excluding carboxylic acids is 2. The molecule has 4 nitrogen and oxygen atoms in total. The van der Waals surface area contributed by atoms with Gasteiger partial charge in [-0.25, -0.2) is 9.69 Å². The van der Waals surface area contributed by atoms with Crippen LogP contribution in [-0.2, 0) is 16.0 Å². The summed E-state index contributed by atoms with van der Waals surface area (Å²) in [6.45, 7) is 2.26. The van der Waals surface area contributed by atoms with E-state index in [9.17, 15) is 9.59 Å². The first-order valence-corrected chi connectivity index (χ1v) is 9.19. The van der Waals surface area contributed by atoms with E-state index in [-0.39, 0.29) is 17.9 Å². The van der Waals surface area contributed by atoms with Gasteiger partial charge in [0.1, 0.15) is 6.61 Å². The molecule has 1 aromatic carbocycles. The van der Waals surface area contributed by atoms with Gasteiger partial charge in [-0.05, 0) is 24.3 Å². The van der Waals surface area contributed by atoms with Crippen LogP contribution in [0.1, 0.15) is 51.0 Å². The maximum Gasteiger partial charge on any atom is 0.416 e. The first-order valence-electron chi connectivity index (χ1n) is 9.19. The molecule has 3 rings (SSSR count). The largest absolute Gasteiger partial charge is 0.447 e. The third kappa shape index (κ3) is 3.97. The van der Waals surface area contributed by atoms with E-state index in [0.29, 0.717) is 18.9 Å². The lowest BCUT2D eigenvalue weighted by molar-refractivity contribution is -0.133. The number of rotatable bonds is 5. The monoisotopic (exact) mass is 329 g/mol. The van der Waals surface area contributed by atoms with E-state index >= 15 is 0 Å². The van der Waals surface area contributed by atoms with E-state index in [4.69, 9.17) is 4.74 Å². The molecule has 1 heterocycles. The van der Waals surface area contributed by atoms with Crippen molar-refractivity contribution in [1.29, 1.82) is 0 Å². The first kappa shape index (κ1) is 17.0. The van der Waals surface area contributed by atoms with Crippen LogP contribution in [0.5, 0.6) is 0 Å². The summed E-state index contributed by atoms with van der Waals surface area (Å²) in [5, 5.41) is 0. The molecular formula is C20H27NO3. The fourth-order valence-electron chi connectivity index (χ4n) is 4.03. The van der Waals surface area contributed by atoms with E-state index in [0.717, 1.165) is 12.0 Å². The number of hydrogen-bond donors (Lipinski definition) is 0. The zero-order valence-corrected chi connectivity index (χ0v) is 14.4. The van der Waals surface area contributed by atoms with E-state index in [2.05, 4.69) is 0 Å². The van der Waals surface area contributed by atoms with Crippen molar-refractivity contribution < 1.29 is 14.3 Å². The molecule has 2 atom stereocenters. The minimum atomic E-state index is -0.476. The van der Waals surface area contributed by atoms with Crippen LogP contribution in [0.2, 0.25) is 0 Å². The zero-order valence-electron chi connectivity index (χ0n) is 14.4. The predicted octanol–water partition coefficient (Wildman–Crippen LogP) is 4.18. The molecular weight excluding hydrogens is 302 g/mol. The third-order valence-corrected chi connectivity index (χ3v) is 5.35. The van der Waals surface area contributed by atoms with Gasteiger partial charge in [-0.3, -0.25) is 4.79 Å². The van der Waals surface area contributed by atoms with Crippen molar-refractivity contribution in [3.63, 3.8) is 0 Å². The Morgan fingerprint density at radius 3 is 2.62 bits per heavy atom. The number of nitrogens with zero attached hydrogens (tertiary/aromatic N) is 1. The molecule has 2 aliphatic rings. The Hall–Kier alpha value is -1.84. The second kappa shape index (κ2) is 7.82. The number of cyclic esters (lactones) is 1. The number of hydrogen-bond acceptors (Lipinski definition) is 3. The molecule has 2 unspecified atom stereocenters. The average molecular weight is 329 g/mol. The molecule has 0 bridgehead atoms. The molecule has 24 heavy (non-hydrogen) atoms. The van der Waals surface area contributed by atoms with Gasteiger partial charge >= 0.3 is 6.09 Å². The smallest absolute Gasteiger partial charge is 0.416 e. The fraction of sp³-hybridized carbons (Fsp3) is 0.600. The number of imide groups is 1. The highest BCUT2D eigenvalue weighted by atomic mass is 16.6. The van der Waals surface area contributed by atoms with Crippen molar-refractivity contribution in [2.45, 2.75) is 57.9 Å². The fourth-order valence-corrected chi connectivity index (χ4v) is 4.03. The lowest BCUT2D eigenvalue weighted by Gasteiger charge is -2.27. The maximum absolute atomic E-state index is 12.9. The quantitative estimate of drug-likeness (QED) is 0.814. The molecule has 4 heteroatoms. The summed E-state index contributed by atoms with van der Waals surface area (Å²) in [6, 6.07) is 9.79. The number of benzene rings is 1. The van der Waals surface area contributed by atoms with Crippen molar-refractivity contribution in [1.82, 2.24) is 4.90 Å². The van der Waals surface area contributed by atoms with Gasteiger partial charge in [-0.1, -0.05) is 69.4 Å². The summed E-state index contributed by atoms with van der Waals surface area (Å²) in [5.41, 5.74) is 1.12. The average Bonchev–Trinajstić information content (AvgIpc) is 2.96. The van der Waals surface area contributed by atoms with Crippen molar-refractivity contribution in [3.8, 4) is 0 Å². The molecule has 1 saturated heterocycles. The molecule has 1 aromatic rings. The van der Waals surface area contributed by atoms with Gasteiger partial charge in [0.25, 0.3) is 0 Å². The minimum Gasteiger partial charge on any atom is -0.447 e. The molecule has 1 aliphatic carbocycles. The number of ether oxygens (including phenoxy) is 1. The highest BCUT2D eigenvalue weighted by Crippen LogP contribution is 2.30. The standard InChI is InChI=1S/C20H27NO3/c1-15(12-16-8-4-2-5-9-16)19(22)21-18(14-24-20(21)23)13-17-10-6-3-7-11-17/h3,6-7,10-11,15-16,18H,2,4-5,8-9,12-14H2,1H3. The summed E-state index contributed by atoms with van der Waals surface area (Å²) < 4.78 is 5.18. The predicted molar refractivity (Wildman–Crippen MR) is 92.5 cm³/mol. The molecule has 0 radical (unpaired) electrons. The molecule has 0 N–H and O–H groups in total. The highest BCUT2D eigenvalue weighted by Gasteiger charge is 2.40. The van der Waals surface area contributed by atoms with Gasteiger partial charge in [0.05, 0.1) is 6.04 Å². The summed E-state index contributed by atoms with van der Waals surface area (Å²) in [7, 11) is 0. The summed E-state index contributed by atoms with van der Waals surface area (Å²) in [4.78, 5) is 26.3. The van der Waals surface area contributed by atoms with Gasteiger partial charge in [-0.15, -0.1) is 0 Å². The molecule has 0 aromatic heterocycles. The maximum atomic E-state index is 12.9. The van der Waals surface area contributed by atoms with Gasteiger partial charge < -0.3 is 4.74 Å². The SMILES string of the molecule is CC(CC1CCCCC1)C(=O)N1C(=O)OCC1Cc1ccccc1. The molecule has 1 saturated carbocycles. The Morgan fingerprint density at radius 2 is 1.92 bits per heavy atom. The van der Waals surface area contributed by atoms with Gasteiger partial charge in [-0.2, -0.15) is 0 Å². The summed E-state index contributed by atoms with van der Waals surface area (Å²) >= 11 is 0. The van der Waals surface area contributed by atoms with Crippen molar-refractivity contribution in [2.24, 2.45) is 11.8 Å².